The maximum absolute atomic E-state index is 11.8. The fourth-order valence-electron chi connectivity index (χ4n) is 1.95. The Balaban J connectivity index is 0.00000576. The van der Waals surface area contributed by atoms with Gasteiger partial charge in [-0.1, -0.05) is 12.1 Å². The number of nitrogens with zero attached hydrogens (tertiary/aromatic N) is 2. The van der Waals surface area contributed by atoms with Gasteiger partial charge >= 0.3 is 0 Å². The number of likely N-dealkylation sites (N-methyl/N-ethyl adjacent to an activating group) is 1. The molecule has 0 spiro atoms. The molecule has 7 nitrogen and oxygen atoms in total. The summed E-state index contributed by atoms with van der Waals surface area (Å²) >= 11 is 0. The summed E-state index contributed by atoms with van der Waals surface area (Å²) in [4.78, 5) is 29.3. The molecule has 0 radical (unpaired) electrons. The van der Waals surface area contributed by atoms with Crippen LogP contribution in [0.2, 0.25) is 0 Å². The lowest BCUT2D eigenvalue weighted by Gasteiger charge is -2.12. The van der Waals surface area contributed by atoms with Gasteiger partial charge in [-0.3, -0.25) is 9.59 Å². The topological polar surface area (TPSA) is 85.8 Å². The van der Waals surface area contributed by atoms with Gasteiger partial charge in [0.05, 0.1) is 13.1 Å². The minimum atomic E-state index is -0.0744. The molecule has 3 N–H and O–H groups in total. The lowest BCUT2D eigenvalue weighted by Crippen LogP contribution is -2.43. The van der Waals surface area contributed by atoms with E-state index in [1.165, 1.54) is 0 Å². The molecule has 0 heterocycles. The van der Waals surface area contributed by atoms with Crippen molar-refractivity contribution in [3.05, 3.63) is 35.4 Å². The highest BCUT2D eigenvalue weighted by atomic mass is 127. The molecular formula is C17H28IN5O2. The first kappa shape index (κ1) is 23.2. The smallest absolute Gasteiger partial charge is 0.253 e. The number of hydrogen-bond acceptors (Lipinski definition) is 3. The predicted octanol–water partition coefficient (Wildman–Crippen LogP) is 1.20. The fourth-order valence-corrected chi connectivity index (χ4v) is 1.95. The first-order chi connectivity index (χ1) is 11.5. The van der Waals surface area contributed by atoms with Crippen LogP contribution in [0.25, 0.3) is 0 Å². The summed E-state index contributed by atoms with van der Waals surface area (Å²) in [6.45, 7) is 5.79. The van der Waals surface area contributed by atoms with Gasteiger partial charge in [0.1, 0.15) is 0 Å². The normalized spacial score (nSPS) is 10.5. The van der Waals surface area contributed by atoms with Crippen LogP contribution in [-0.2, 0) is 11.3 Å². The Morgan fingerprint density at radius 3 is 2.12 bits per heavy atom. The number of guanidine groups is 1. The Labute approximate surface area is 166 Å². The first-order valence-corrected chi connectivity index (χ1v) is 8.07. The van der Waals surface area contributed by atoms with E-state index in [9.17, 15) is 9.59 Å². The second-order valence-electron chi connectivity index (χ2n) is 5.40. The summed E-state index contributed by atoms with van der Waals surface area (Å²) in [5.41, 5.74) is 1.63. The summed E-state index contributed by atoms with van der Waals surface area (Å²) < 4.78 is 0. The maximum Gasteiger partial charge on any atom is 0.253 e. The lowest BCUT2D eigenvalue weighted by molar-refractivity contribution is -0.119. The Bertz CT molecular complexity index is 573. The molecule has 25 heavy (non-hydrogen) atoms. The number of carbonyl (C=O) groups is 2. The third kappa shape index (κ3) is 8.71. The highest BCUT2D eigenvalue weighted by Crippen LogP contribution is 2.07. The van der Waals surface area contributed by atoms with Crippen LogP contribution < -0.4 is 16.0 Å². The van der Waals surface area contributed by atoms with Crippen molar-refractivity contribution in [3.63, 3.8) is 0 Å². The van der Waals surface area contributed by atoms with Crippen LogP contribution in [0.3, 0.4) is 0 Å². The van der Waals surface area contributed by atoms with E-state index in [0.29, 0.717) is 31.2 Å². The highest BCUT2D eigenvalue weighted by molar-refractivity contribution is 14.0. The highest BCUT2D eigenvalue weighted by Gasteiger charge is 2.07. The molecule has 0 saturated heterocycles. The van der Waals surface area contributed by atoms with Gasteiger partial charge in [-0.2, -0.15) is 0 Å². The van der Waals surface area contributed by atoms with Crippen LogP contribution in [-0.4, -0.2) is 56.4 Å². The average Bonchev–Trinajstić information content (AvgIpc) is 2.57. The van der Waals surface area contributed by atoms with Crippen molar-refractivity contribution in [2.75, 3.05) is 33.7 Å². The Morgan fingerprint density at radius 2 is 1.60 bits per heavy atom. The molecule has 0 aliphatic heterocycles. The number of hydrogen-bond donors (Lipinski definition) is 3. The second-order valence-corrected chi connectivity index (χ2v) is 5.40. The molecule has 0 unspecified atom stereocenters. The summed E-state index contributed by atoms with van der Waals surface area (Å²) in [5, 5.41) is 8.80. The molecule has 8 heteroatoms. The van der Waals surface area contributed by atoms with Crippen LogP contribution in [0.5, 0.6) is 0 Å². The maximum atomic E-state index is 11.8. The van der Waals surface area contributed by atoms with E-state index < -0.39 is 0 Å². The zero-order valence-electron chi connectivity index (χ0n) is 15.3. The third-order valence-electron chi connectivity index (χ3n) is 3.16. The van der Waals surface area contributed by atoms with Crippen LogP contribution >= 0.6 is 24.0 Å². The molecule has 1 rings (SSSR count). The van der Waals surface area contributed by atoms with Gasteiger partial charge in [-0.15, -0.1) is 24.0 Å². The minimum absolute atomic E-state index is 0. The van der Waals surface area contributed by atoms with Crippen LogP contribution in [0, 0.1) is 0 Å². The Kier molecular flexibility index (Phi) is 11.6. The lowest BCUT2D eigenvalue weighted by atomic mass is 10.1. The standard InChI is InChI=1S/C17H27N5O2.HI/c1-5-18-15(23)12-21-17(19-6-2)20-11-13-7-9-14(10-8-13)16(24)22(3)4;/h7-10H,5-6,11-12H2,1-4H3,(H,18,23)(H2,19,20,21);1H. The average molecular weight is 461 g/mol. The summed E-state index contributed by atoms with van der Waals surface area (Å²) in [7, 11) is 3.45. The molecule has 0 aliphatic carbocycles. The van der Waals surface area contributed by atoms with Gasteiger partial charge < -0.3 is 20.9 Å². The van der Waals surface area contributed by atoms with Gasteiger partial charge in [-0.05, 0) is 31.5 Å². The van der Waals surface area contributed by atoms with Crippen molar-refractivity contribution in [1.29, 1.82) is 0 Å². The van der Waals surface area contributed by atoms with Crippen molar-refractivity contribution in [2.45, 2.75) is 20.4 Å². The van der Waals surface area contributed by atoms with E-state index in [4.69, 9.17) is 0 Å². The first-order valence-electron chi connectivity index (χ1n) is 8.07. The second kappa shape index (κ2) is 12.5. The van der Waals surface area contributed by atoms with Gasteiger partial charge in [0, 0.05) is 32.7 Å². The number of carbonyl (C=O) groups excluding carboxylic acids is 2. The SMILES string of the molecule is CCNC(=O)CNC(=NCc1ccc(C(=O)N(C)C)cc1)NCC.I. The van der Waals surface area contributed by atoms with E-state index in [1.807, 2.05) is 26.0 Å². The van der Waals surface area contributed by atoms with Gasteiger partial charge in [-0.25, -0.2) is 4.99 Å². The molecule has 0 bridgehead atoms. The molecular weight excluding hydrogens is 433 g/mol. The summed E-state index contributed by atoms with van der Waals surface area (Å²) in [5.74, 6) is 0.480. The molecule has 0 aromatic heterocycles. The summed E-state index contributed by atoms with van der Waals surface area (Å²) in [6, 6.07) is 7.35. The van der Waals surface area contributed by atoms with E-state index >= 15 is 0 Å². The van der Waals surface area contributed by atoms with Crippen molar-refractivity contribution < 1.29 is 9.59 Å². The molecule has 0 aliphatic rings. The van der Waals surface area contributed by atoms with Gasteiger partial charge in [0.25, 0.3) is 5.91 Å². The molecule has 0 atom stereocenters. The molecule has 0 saturated carbocycles. The number of aliphatic imine (C=N–C) groups is 1. The number of benzene rings is 1. The minimum Gasteiger partial charge on any atom is -0.357 e. The largest absolute Gasteiger partial charge is 0.357 e. The van der Waals surface area contributed by atoms with E-state index in [0.717, 1.165) is 5.56 Å². The Hall–Kier alpha value is -1.84. The monoisotopic (exact) mass is 461 g/mol. The molecule has 1 aromatic rings. The van der Waals surface area contributed by atoms with Crippen molar-refractivity contribution >= 4 is 41.8 Å². The number of rotatable bonds is 7. The van der Waals surface area contributed by atoms with Gasteiger partial charge in [0.15, 0.2) is 5.96 Å². The zero-order chi connectivity index (χ0) is 17.9. The number of nitrogens with one attached hydrogen (secondary N) is 3. The van der Waals surface area contributed by atoms with E-state index in [-0.39, 0.29) is 42.3 Å². The van der Waals surface area contributed by atoms with Crippen LogP contribution in [0.15, 0.2) is 29.3 Å². The number of halogens is 1. The van der Waals surface area contributed by atoms with Crippen molar-refractivity contribution in [2.24, 2.45) is 4.99 Å². The molecule has 140 valence electrons. The fraction of sp³-hybridized carbons (Fsp3) is 0.471. The van der Waals surface area contributed by atoms with E-state index in [2.05, 4.69) is 20.9 Å². The van der Waals surface area contributed by atoms with E-state index in [1.54, 1.807) is 31.1 Å². The van der Waals surface area contributed by atoms with Crippen LogP contribution in [0.4, 0.5) is 0 Å². The third-order valence-corrected chi connectivity index (χ3v) is 3.16. The predicted molar refractivity (Wildman–Crippen MR) is 111 cm³/mol. The Morgan fingerprint density at radius 1 is 1.00 bits per heavy atom. The molecule has 1 aromatic carbocycles. The quantitative estimate of drug-likeness (QED) is 0.324. The molecule has 0 fully saturated rings. The zero-order valence-corrected chi connectivity index (χ0v) is 17.6. The van der Waals surface area contributed by atoms with Crippen molar-refractivity contribution in [1.82, 2.24) is 20.9 Å². The summed E-state index contributed by atoms with van der Waals surface area (Å²) in [6.07, 6.45) is 0. The van der Waals surface area contributed by atoms with Crippen LogP contribution in [0.1, 0.15) is 29.8 Å². The van der Waals surface area contributed by atoms with Crippen molar-refractivity contribution in [3.8, 4) is 0 Å². The van der Waals surface area contributed by atoms with Gasteiger partial charge in [0.2, 0.25) is 5.91 Å². The molecule has 2 amide bonds. The number of amides is 2.